The second-order valence-corrected chi connectivity index (χ2v) is 4.81. The summed E-state index contributed by atoms with van der Waals surface area (Å²) < 4.78 is 1.40. The highest BCUT2D eigenvalue weighted by Crippen LogP contribution is 2.07. The molecule has 5 nitrogen and oxygen atoms in total. The minimum Gasteiger partial charge on any atom is -0.423 e. The van der Waals surface area contributed by atoms with Gasteiger partial charge in [0.15, 0.2) is 0 Å². The van der Waals surface area contributed by atoms with Crippen molar-refractivity contribution >= 4 is 23.4 Å². The molecule has 0 aliphatic heterocycles. The van der Waals surface area contributed by atoms with Crippen LogP contribution in [0.15, 0.2) is 59.5 Å². The zero-order valence-electron chi connectivity index (χ0n) is 11.2. The topological polar surface area (TPSA) is 75.4 Å². The summed E-state index contributed by atoms with van der Waals surface area (Å²) in [6, 6.07) is 14.1. The molecule has 0 bridgehead atoms. The van der Waals surface area contributed by atoms with Gasteiger partial charge in [0.2, 0.25) is 0 Å². The normalized spacial score (nSPS) is 10.8. The van der Waals surface area contributed by atoms with Crippen molar-refractivity contribution in [3.8, 4) is 0 Å². The Morgan fingerprint density at radius 3 is 2.48 bits per heavy atom. The number of fused-ring (bicyclic) bond motifs is 1. The smallest absolute Gasteiger partial charge is 0.423 e. The molecule has 0 spiro atoms. The van der Waals surface area contributed by atoms with Crippen molar-refractivity contribution in [2.24, 2.45) is 0 Å². The minimum atomic E-state index is -1.49. The van der Waals surface area contributed by atoms with Crippen LogP contribution in [0.1, 0.15) is 5.56 Å². The predicted octanol–water partition coefficient (Wildman–Crippen LogP) is 0.125. The molecule has 6 heteroatoms. The van der Waals surface area contributed by atoms with Gasteiger partial charge in [-0.05, 0) is 17.1 Å². The van der Waals surface area contributed by atoms with Crippen molar-refractivity contribution in [3.63, 3.8) is 0 Å². The molecular formula is C15H13BN2O3. The summed E-state index contributed by atoms with van der Waals surface area (Å²) in [6.45, 7) is 0.339. The Morgan fingerprint density at radius 2 is 1.76 bits per heavy atom. The molecular weight excluding hydrogens is 267 g/mol. The zero-order chi connectivity index (χ0) is 14.8. The molecule has 0 aliphatic rings. The molecule has 0 amide bonds. The third-order valence-electron chi connectivity index (χ3n) is 3.37. The van der Waals surface area contributed by atoms with Gasteiger partial charge in [0, 0.05) is 5.39 Å². The third kappa shape index (κ3) is 2.72. The highest BCUT2D eigenvalue weighted by molar-refractivity contribution is 6.58. The maximum absolute atomic E-state index is 12.3. The summed E-state index contributed by atoms with van der Waals surface area (Å²) in [5.41, 5.74) is 1.14. The Bertz CT molecular complexity index is 828. The first-order valence-corrected chi connectivity index (χ1v) is 6.55. The van der Waals surface area contributed by atoms with Crippen LogP contribution in [0.2, 0.25) is 0 Å². The Labute approximate surface area is 121 Å². The first kappa shape index (κ1) is 13.5. The van der Waals surface area contributed by atoms with E-state index in [1.807, 2.05) is 18.2 Å². The predicted molar refractivity (Wildman–Crippen MR) is 81.4 cm³/mol. The summed E-state index contributed by atoms with van der Waals surface area (Å²) in [6.07, 6.45) is 1.67. The molecule has 0 saturated heterocycles. The lowest BCUT2D eigenvalue weighted by molar-refractivity contribution is 0.426. The standard InChI is InChI=1S/C15H13BN2O3/c19-15-14-4-2-1-3-12(14)9-17-18(15)10-11-5-7-13(8-6-11)16(20)21/h1-9,20-21H,10H2. The lowest BCUT2D eigenvalue weighted by Gasteiger charge is -2.07. The Kier molecular flexibility index (Phi) is 3.56. The molecule has 21 heavy (non-hydrogen) atoms. The van der Waals surface area contributed by atoms with E-state index in [1.165, 1.54) is 4.68 Å². The van der Waals surface area contributed by atoms with E-state index in [9.17, 15) is 4.79 Å². The average molecular weight is 280 g/mol. The molecule has 1 aromatic heterocycles. The second kappa shape index (κ2) is 5.51. The first-order chi connectivity index (χ1) is 10.1. The average Bonchev–Trinajstić information content (AvgIpc) is 2.51. The molecule has 2 N–H and O–H groups in total. The first-order valence-electron chi connectivity index (χ1n) is 6.55. The van der Waals surface area contributed by atoms with E-state index in [-0.39, 0.29) is 5.56 Å². The van der Waals surface area contributed by atoms with Crippen LogP contribution in [-0.2, 0) is 6.54 Å². The van der Waals surface area contributed by atoms with Crippen molar-refractivity contribution in [2.75, 3.05) is 0 Å². The van der Waals surface area contributed by atoms with E-state index in [2.05, 4.69) is 5.10 Å². The largest absolute Gasteiger partial charge is 0.488 e. The van der Waals surface area contributed by atoms with Gasteiger partial charge in [-0.25, -0.2) is 4.68 Å². The van der Waals surface area contributed by atoms with Crippen LogP contribution in [0.5, 0.6) is 0 Å². The summed E-state index contributed by atoms with van der Waals surface area (Å²) in [5, 5.41) is 23.7. The second-order valence-electron chi connectivity index (χ2n) is 4.81. The SMILES string of the molecule is O=c1c2ccccc2cnn1Cc1ccc(B(O)O)cc1. The molecule has 0 unspecified atom stereocenters. The van der Waals surface area contributed by atoms with Crippen LogP contribution < -0.4 is 11.0 Å². The lowest BCUT2D eigenvalue weighted by atomic mass is 9.80. The monoisotopic (exact) mass is 280 g/mol. The molecule has 0 atom stereocenters. The summed E-state index contributed by atoms with van der Waals surface area (Å²) >= 11 is 0. The third-order valence-corrected chi connectivity index (χ3v) is 3.37. The van der Waals surface area contributed by atoms with Crippen LogP contribution in [0, 0.1) is 0 Å². The quantitative estimate of drug-likeness (QED) is 0.668. The van der Waals surface area contributed by atoms with Gasteiger partial charge in [-0.15, -0.1) is 0 Å². The number of hydrogen-bond acceptors (Lipinski definition) is 4. The van der Waals surface area contributed by atoms with E-state index < -0.39 is 7.12 Å². The van der Waals surface area contributed by atoms with Gasteiger partial charge in [0.1, 0.15) is 0 Å². The van der Waals surface area contributed by atoms with Crippen molar-refractivity contribution in [3.05, 3.63) is 70.6 Å². The number of rotatable bonds is 3. The van der Waals surface area contributed by atoms with Gasteiger partial charge in [-0.2, -0.15) is 5.10 Å². The summed E-state index contributed by atoms with van der Waals surface area (Å²) in [5.74, 6) is 0. The van der Waals surface area contributed by atoms with Crippen molar-refractivity contribution < 1.29 is 10.0 Å². The van der Waals surface area contributed by atoms with E-state index in [4.69, 9.17) is 10.0 Å². The molecule has 104 valence electrons. The van der Waals surface area contributed by atoms with Crippen LogP contribution in [-0.4, -0.2) is 26.9 Å². The van der Waals surface area contributed by atoms with Crippen LogP contribution >= 0.6 is 0 Å². The highest BCUT2D eigenvalue weighted by atomic mass is 16.4. The molecule has 0 aliphatic carbocycles. The zero-order valence-corrected chi connectivity index (χ0v) is 11.2. The Morgan fingerprint density at radius 1 is 1.05 bits per heavy atom. The van der Waals surface area contributed by atoms with E-state index >= 15 is 0 Å². The maximum atomic E-state index is 12.3. The number of hydrogen-bond donors (Lipinski definition) is 2. The fourth-order valence-corrected chi connectivity index (χ4v) is 2.21. The fourth-order valence-electron chi connectivity index (χ4n) is 2.21. The van der Waals surface area contributed by atoms with Gasteiger partial charge in [0.05, 0.1) is 18.1 Å². The Hall–Kier alpha value is -2.44. The van der Waals surface area contributed by atoms with Gasteiger partial charge >= 0.3 is 7.12 Å². The molecule has 0 saturated carbocycles. The van der Waals surface area contributed by atoms with Crippen molar-refractivity contribution in [1.82, 2.24) is 9.78 Å². The number of aromatic nitrogens is 2. The van der Waals surface area contributed by atoms with E-state index in [0.717, 1.165) is 10.9 Å². The molecule has 3 rings (SSSR count). The highest BCUT2D eigenvalue weighted by Gasteiger charge is 2.10. The summed E-state index contributed by atoms with van der Waals surface area (Å²) in [4.78, 5) is 12.3. The van der Waals surface area contributed by atoms with Crippen molar-refractivity contribution in [2.45, 2.75) is 6.54 Å². The van der Waals surface area contributed by atoms with Crippen LogP contribution in [0.4, 0.5) is 0 Å². The Balaban J connectivity index is 1.94. The molecule has 0 fully saturated rings. The number of benzene rings is 2. The number of nitrogens with zero attached hydrogens (tertiary/aromatic N) is 2. The lowest BCUT2D eigenvalue weighted by Crippen LogP contribution is -2.29. The summed E-state index contributed by atoms with van der Waals surface area (Å²) in [7, 11) is -1.49. The van der Waals surface area contributed by atoms with Gasteiger partial charge in [-0.3, -0.25) is 4.79 Å². The fraction of sp³-hybridized carbons (Fsp3) is 0.0667. The molecule has 1 heterocycles. The molecule has 3 aromatic rings. The van der Waals surface area contributed by atoms with Gasteiger partial charge < -0.3 is 10.0 Å². The van der Waals surface area contributed by atoms with E-state index in [1.54, 1.807) is 36.5 Å². The van der Waals surface area contributed by atoms with Gasteiger partial charge in [-0.1, -0.05) is 42.5 Å². The maximum Gasteiger partial charge on any atom is 0.488 e. The van der Waals surface area contributed by atoms with E-state index in [0.29, 0.717) is 17.4 Å². The van der Waals surface area contributed by atoms with Crippen LogP contribution in [0.25, 0.3) is 10.8 Å². The molecule has 2 aromatic carbocycles. The minimum absolute atomic E-state index is 0.139. The van der Waals surface area contributed by atoms with Crippen molar-refractivity contribution in [1.29, 1.82) is 0 Å². The molecule has 0 radical (unpaired) electrons. The van der Waals surface area contributed by atoms with Crippen LogP contribution in [0.3, 0.4) is 0 Å². The van der Waals surface area contributed by atoms with Gasteiger partial charge in [0.25, 0.3) is 5.56 Å².